The lowest BCUT2D eigenvalue weighted by molar-refractivity contribution is -0.134. The van der Waals surface area contributed by atoms with Crippen LogP contribution in [0.15, 0.2) is 36.5 Å². The summed E-state index contributed by atoms with van der Waals surface area (Å²) in [6.45, 7) is 0. The maximum absolute atomic E-state index is 10.9. The van der Waals surface area contributed by atoms with Crippen LogP contribution in [0.1, 0.15) is 5.56 Å². The topological polar surface area (TPSA) is 42.1 Å². The van der Waals surface area contributed by atoms with E-state index in [9.17, 15) is 4.79 Å². The molecule has 0 bridgehead atoms. The maximum Gasteiger partial charge on any atom is 0.330 e. The van der Waals surface area contributed by atoms with Gasteiger partial charge in [-0.25, -0.2) is 4.79 Å². The van der Waals surface area contributed by atoms with E-state index in [0.29, 0.717) is 0 Å². The van der Waals surface area contributed by atoms with Crippen LogP contribution in [0.4, 0.5) is 0 Å². The zero-order chi connectivity index (χ0) is 10.7. The van der Waals surface area contributed by atoms with Gasteiger partial charge in [-0.3, -0.25) is 0 Å². The van der Waals surface area contributed by atoms with Gasteiger partial charge in [0.2, 0.25) is 0 Å². The number of esters is 1. The second-order valence-electron chi connectivity index (χ2n) is 3.15. The second-order valence-corrected chi connectivity index (χ2v) is 3.15. The highest BCUT2D eigenvalue weighted by Crippen LogP contribution is 2.17. The number of carbonyl (C=O) groups is 1. The molecule has 2 rings (SSSR count). The molecule has 0 amide bonds. The first-order valence-electron chi connectivity index (χ1n) is 4.63. The molecule has 0 fully saturated rings. The van der Waals surface area contributed by atoms with E-state index in [1.165, 1.54) is 13.2 Å². The number of fused-ring (bicyclic) bond motifs is 1. The number of benzene rings is 1. The molecule has 0 atom stereocenters. The molecular weight excluding hydrogens is 190 g/mol. The van der Waals surface area contributed by atoms with E-state index in [4.69, 9.17) is 0 Å². The zero-order valence-corrected chi connectivity index (χ0v) is 8.36. The number of carbonyl (C=O) groups excluding carboxylic acids is 1. The Hall–Kier alpha value is -2.03. The molecule has 0 aliphatic rings. The van der Waals surface area contributed by atoms with Crippen LogP contribution >= 0.6 is 0 Å². The molecule has 1 N–H and O–H groups in total. The summed E-state index contributed by atoms with van der Waals surface area (Å²) in [5.74, 6) is -0.349. The quantitative estimate of drug-likeness (QED) is 0.598. The lowest BCUT2D eigenvalue weighted by atomic mass is 10.1. The Morgan fingerprint density at radius 2 is 2.27 bits per heavy atom. The summed E-state index contributed by atoms with van der Waals surface area (Å²) in [5, 5.41) is 1.13. The van der Waals surface area contributed by atoms with Gasteiger partial charge < -0.3 is 9.72 Å². The summed E-state index contributed by atoms with van der Waals surface area (Å²) in [6, 6.07) is 7.90. The molecule has 0 saturated heterocycles. The number of aromatic amines is 1. The van der Waals surface area contributed by atoms with Gasteiger partial charge in [-0.1, -0.05) is 18.2 Å². The van der Waals surface area contributed by atoms with Crippen molar-refractivity contribution in [1.29, 1.82) is 0 Å². The van der Waals surface area contributed by atoms with Crippen LogP contribution in [0, 0.1) is 0 Å². The predicted molar refractivity (Wildman–Crippen MR) is 59.3 cm³/mol. The van der Waals surface area contributed by atoms with Crippen LogP contribution in [-0.4, -0.2) is 18.1 Å². The Bertz CT molecular complexity index is 511. The number of ether oxygens (including phenoxy) is 1. The van der Waals surface area contributed by atoms with Crippen LogP contribution in [0.3, 0.4) is 0 Å². The van der Waals surface area contributed by atoms with Crippen molar-refractivity contribution < 1.29 is 9.53 Å². The van der Waals surface area contributed by atoms with Gasteiger partial charge in [0.05, 0.1) is 12.6 Å². The minimum atomic E-state index is -0.349. The van der Waals surface area contributed by atoms with E-state index < -0.39 is 0 Å². The first kappa shape index (κ1) is 9.52. The molecule has 3 heteroatoms. The van der Waals surface area contributed by atoms with Gasteiger partial charge in [0, 0.05) is 12.3 Å². The van der Waals surface area contributed by atoms with E-state index in [1.807, 2.05) is 30.5 Å². The first-order valence-corrected chi connectivity index (χ1v) is 4.63. The Morgan fingerprint density at radius 3 is 3.07 bits per heavy atom. The summed E-state index contributed by atoms with van der Waals surface area (Å²) in [4.78, 5) is 14.1. The number of hydrogen-bond acceptors (Lipinski definition) is 2. The van der Waals surface area contributed by atoms with Crippen molar-refractivity contribution in [3.05, 3.63) is 42.1 Å². The number of aromatic nitrogens is 1. The van der Waals surface area contributed by atoms with E-state index in [1.54, 1.807) is 6.08 Å². The largest absolute Gasteiger partial charge is 0.466 e. The molecule has 15 heavy (non-hydrogen) atoms. The molecule has 3 nitrogen and oxygen atoms in total. The van der Waals surface area contributed by atoms with E-state index in [2.05, 4.69) is 9.72 Å². The van der Waals surface area contributed by atoms with E-state index in [0.717, 1.165) is 16.5 Å². The molecule has 1 aromatic heterocycles. The van der Waals surface area contributed by atoms with Gasteiger partial charge in [-0.2, -0.15) is 0 Å². The van der Waals surface area contributed by atoms with Gasteiger partial charge in [-0.05, 0) is 23.1 Å². The average Bonchev–Trinajstić information content (AvgIpc) is 2.74. The minimum Gasteiger partial charge on any atom is -0.466 e. The van der Waals surface area contributed by atoms with Crippen LogP contribution in [0.2, 0.25) is 0 Å². The fraction of sp³-hybridized carbons (Fsp3) is 0.0833. The summed E-state index contributed by atoms with van der Waals surface area (Å²) in [5.41, 5.74) is 2.00. The Balaban J connectivity index is 2.39. The number of hydrogen-bond donors (Lipinski definition) is 1. The van der Waals surface area contributed by atoms with Crippen molar-refractivity contribution in [2.24, 2.45) is 0 Å². The fourth-order valence-corrected chi connectivity index (χ4v) is 1.47. The summed E-state index contributed by atoms with van der Waals surface area (Å²) in [7, 11) is 1.36. The smallest absolute Gasteiger partial charge is 0.330 e. The number of nitrogens with one attached hydrogen (secondary N) is 1. The van der Waals surface area contributed by atoms with Gasteiger partial charge in [0.1, 0.15) is 0 Å². The highest BCUT2D eigenvalue weighted by atomic mass is 16.5. The lowest BCUT2D eigenvalue weighted by Crippen LogP contribution is -1.93. The van der Waals surface area contributed by atoms with Gasteiger partial charge in [0.15, 0.2) is 0 Å². The average molecular weight is 201 g/mol. The number of H-pyrrole nitrogens is 1. The monoisotopic (exact) mass is 201 g/mol. The highest BCUT2D eigenvalue weighted by molar-refractivity contribution is 5.93. The van der Waals surface area contributed by atoms with Crippen LogP contribution < -0.4 is 0 Å². The SMILES string of the molecule is COC(=O)/C=C\c1cccc2cc[nH]c12. The summed E-state index contributed by atoms with van der Waals surface area (Å²) in [6.07, 6.45) is 5.03. The molecule has 0 unspecified atom stereocenters. The fourth-order valence-electron chi connectivity index (χ4n) is 1.47. The molecule has 0 saturated carbocycles. The van der Waals surface area contributed by atoms with Gasteiger partial charge in [0.25, 0.3) is 0 Å². The summed E-state index contributed by atoms with van der Waals surface area (Å²) >= 11 is 0. The second kappa shape index (κ2) is 4.00. The number of methoxy groups -OCH3 is 1. The highest BCUT2D eigenvalue weighted by Gasteiger charge is 1.98. The predicted octanol–water partition coefficient (Wildman–Crippen LogP) is 2.35. The van der Waals surface area contributed by atoms with E-state index in [-0.39, 0.29) is 5.97 Å². The van der Waals surface area contributed by atoms with Crippen molar-refractivity contribution >= 4 is 22.9 Å². The Labute approximate surface area is 87.4 Å². The van der Waals surface area contributed by atoms with Gasteiger partial charge in [-0.15, -0.1) is 0 Å². The minimum absolute atomic E-state index is 0.349. The number of rotatable bonds is 2. The molecule has 0 spiro atoms. The molecule has 0 radical (unpaired) electrons. The third-order valence-electron chi connectivity index (χ3n) is 2.22. The lowest BCUT2D eigenvalue weighted by Gasteiger charge is -1.96. The third kappa shape index (κ3) is 1.91. The first-order chi connectivity index (χ1) is 7.31. The van der Waals surface area contributed by atoms with Crippen molar-refractivity contribution in [1.82, 2.24) is 4.98 Å². The van der Waals surface area contributed by atoms with Gasteiger partial charge >= 0.3 is 5.97 Å². The van der Waals surface area contributed by atoms with Crippen molar-refractivity contribution in [2.45, 2.75) is 0 Å². The van der Waals surface area contributed by atoms with E-state index >= 15 is 0 Å². The van der Waals surface area contributed by atoms with Crippen molar-refractivity contribution in [3.63, 3.8) is 0 Å². The Kier molecular flexibility index (Phi) is 2.54. The van der Waals surface area contributed by atoms with Crippen LogP contribution in [-0.2, 0) is 9.53 Å². The number of para-hydroxylation sites is 1. The normalized spacial score (nSPS) is 11.0. The van der Waals surface area contributed by atoms with Crippen molar-refractivity contribution in [2.75, 3.05) is 7.11 Å². The maximum atomic E-state index is 10.9. The van der Waals surface area contributed by atoms with Crippen LogP contribution in [0.25, 0.3) is 17.0 Å². The molecule has 1 heterocycles. The summed E-state index contributed by atoms with van der Waals surface area (Å²) < 4.78 is 4.53. The molecule has 0 aliphatic carbocycles. The molecule has 76 valence electrons. The molecule has 1 aromatic carbocycles. The third-order valence-corrected chi connectivity index (χ3v) is 2.22. The standard InChI is InChI=1S/C12H11NO2/c1-15-11(14)6-5-9-3-2-4-10-7-8-13-12(9)10/h2-8,13H,1H3/b6-5-. The van der Waals surface area contributed by atoms with Crippen molar-refractivity contribution in [3.8, 4) is 0 Å². The molecule has 0 aliphatic heterocycles. The zero-order valence-electron chi connectivity index (χ0n) is 8.36. The molecule has 2 aromatic rings. The Morgan fingerprint density at radius 1 is 1.40 bits per heavy atom. The van der Waals surface area contributed by atoms with Crippen LogP contribution in [0.5, 0.6) is 0 Å². The molecular formula is C12H11NO2.